The number of nitrogens with one attached hydrogen (secondary N) is 1. The number of likely N-dealkylation sites (tertiary alicyclic amines) is 1. The minimum absolute atomic E-state index is 0. The van der Waals surface area contributed by atoms with Gasteiger partial charge < -0.3 is 10.2 Å². The Kier molecular flexibility index (Phi) is 2.81. The van der Waals surface area contributed by atoms with Crippen molar-refractivity contribution in [2.24, 2.45) is 11.3 Å². The molecule has 1 saturated heterocycles. The van der Waals surface area contributed by atoms with Gasteiger partial charge in [0.1, 0.15) is 0 Å². The first-order chi connectivity index (χ1) is 7.87. The third-order valence-electron chi connectivity index (χ3n) is 4.06. The summed E-state index contributed by atoms with van der Waals surface area (Å²) in [5, 5.41) is 12.2. The minimum Gasteiger partial charge on any atom is -0.348 e. The van der Waals surface area contributed by atoms with E-state index in [1.807, 2.05) is 20.8 Å². The Bertz CT molecular complexity index is 371. The van der Waals surface area contributed by atoms with Crippen LogP contribution >= 0.6 is 0 Å². The van der Waals surface area contributed by atoms with Crippen LogP contribution in [0.2, 0.25) is 0 Å². The van der Waals surface area contributed by atoms with Crippen LogP contribution in [0.4, 0.5) is 0 Å². The van der Waals surface area contributed by atoms with Gasteiger partial charge in [-0.2, -0.15) is 5.26 Å². The Morgan fingerprint density at radius 1 is 1.59 bits per heavy atom. The van der Waals surface area contributed by atoms with Gasteiger partial charge in [-0.15, -0.1) is 0 Å². The summed E-state index contributed by atoms with van der Waals surface area (Å²) in [4.78, 5) is 13.9. The lowest BCUT2D eigenvalue weighted by Gasteiger charge is -2.33. The molecule has 1 aliphatic carbocycles. The summed E-state index contributed by atoms with van der Waals surface area (Å²) in [6.07, 6.45) is 5.51. The van der Waals surface area contributed by atoms with Gasteiger partial charge in [0.2, 0.25) is 5.91 Å². The lowest BCUT2D eigenvalue weighted by molar-refractivity contribution is -0.130. The van der Waals surface area contributed by atoms with Crippen molar-refractivity contribution in [3.63, 3.8) is 0 Å². The molecule has 4 nitrogen and oxygen atoms in total. The molecule has 0 spiro atoms. The van der Waals surface area contributed by atoms with Crippen molar-refractivity contribution in [1.29, 1.82) is 5.26 Å². The number of nitrogens with zero attached hydrogens (tertiary/aromatic N) is 2. The minimum atomic E-state index is -0.359. The van der Waals surface area contributed by atoms with E-state index in [0.29, 0.717) is 12.5 Å². The van der Waals surface area contributed by atoms with Gasteiger partial charge >= 0.3 is 0 Å². The molecule has 1 amide bonds. The molecule has 0 bridgehead atoms. The van der Waals surface area contributed by atoms with Crippen LogP contribution in [0.3, 0.4) is 0 Å². The summed E-state index contributed by atoms with van der Waals surface area (Å²) in [6.45, 7) is 7.29. The normalized spacial score (nSPS) is 32.1. The number of nitriles is 1. The maximum Gasteiger partial charge on any atom is 0.225 e. The Hall–Kier alpha value is -1.24. The molecule has 1 N–H and O–H groups in total. The fraction of sp³-hybridized carbons (Fsp3) is 0.846. The Labute approximate surface area is 104 Å². The van der Waals surface area contributed by atoms with Gasteiger partial charge in [0.05, 0.1) is 12.1 Å². The van der Waals surface area contributed by atoms with Gasteiger partial charge in [-0.3, -0.25) is 4.79 Å². The highest BCUT2D eigenvalue weighted by atomic mass is 16.2. The van der Waals surface area contributed by atoms with E-state index in [4.69, 9.17) is 5.26 Å². The van der Waals surface area contributed by atoms with Crippen molar-refractivity contribution in [1.82, 2.24) is 10.2 Å². The van der Waals surface area contributed by atoms with E-state index >= 15 is 0 Å². The lowest BCUT2D eigenvalue weighted by atomic mass is 9.87. The first kappa shape index (κ1) is 12.2. The summed E-state index contributed by atoms with van der Waals surface area (Å²) in [5.41, 5.74) is -0.498. The van der Waals surface area contributed by atoms with Crippen LogP contribution in [0.1, 0.15) is 41.5 Å². The SMILES string of the molecule is CC(C)(C)C(=O)NC12CCCC1CN(C#N)C2.[HH]. The van der Waals surface area contributed by atoms with Crippen LogP contribution < -0.4 is 5.32 Å². The van der Waals surface area contributed by atoms with E-state index in [-0.39, 0.29) is 18.3 Å². The molecular weight excluding hydrogens is 214 g/mol. The summed E-state index contributed by atoms with van der Waals surface area (Å²) in [7, 11) is 0. The lowest BCUT2D eigenvalue weighted by Crippen LogP contribution is -2.54. The fourth-order valence-electron chi connectivity index (χ4n) is 2.98. The molecule has 2 fully saturated rings. The first-order valence-electron chi connectivity index (χ1n) is 6.35. The predicted octanol–water partition coefficient (Wildman–Crippen LogP) is 1.73. The molecule has 0 aromatic rings. The van der Waals surface area contributed by atoms with Crippen molar-refractivity contribution in [2.75, 3.05) is 13.1 Å². The molecule has 1 aliphatic heterocycles. The molecule has 0 radical (unpaired) electrons. The molecule has 0 aromatic carbocycles. The molecule has 0 aromatic heterocycles. The molecule has 17 heavy (non-hydrogen) atoms. The van der Waals surface area contributed by atoms with Gasteiger partial charge in [-0.05, 0) is 12.8 Å². The van der Waals surface area contributed by atoms with E-state index in [0.717, 1.165) is 25.8 Å². The number of rotatable bonds is 1. The van der Waals surface area contributed by atoms with E-state index in [1.54, 1.807) is 4.90 Å². The zero-order valence-electron chi connectivity index (χ0n) is 10.9. The van der Waals surface area contributed by atoms with Crippen LogP contribution in [-0.2, 0) is 4.79 Å². The molecule has 2 unspecified atom stereocenters. The molecule has 1 saturated carbocycles. The van der Waals surface area contributed by atoms with Gasteiger partial charge in [0, 0.05) is 19.3 Å². The average molecular weight is 237 g/mol. The van der Waals surface area contributed by atoms with Crippen molar-refractivity contribution in [2.45, 2.75) is 45.6 Å². The molecule has 96 valence electrons. The van der Waals surface area contributed by atoms with Gasteiger partial charge in [0.25, 0.3) is 0 Å². The largest absolute Gasteiger partial charge is 0.348 e. The molecule has 2 atom stereocenters. The van der Waals surface area contributed by atoms with Crippen LogP contribution in [0.15, 0.2) is 0 Å². The first-order valence-corrected chi connectivity index (χ1v) is 6.35. The maximum atomic E-state index is 12.1. The molecular formula is C13H23N3O. The summed E-state index contributed by atoms with van der Waals surface area (Å²) in [5.74, 6) is 0.553. The molecule has 1 heterocycles. The maximum absolute atomic E-state index is 12.1. The van der Waals surface area contributed by atoms with Crippen LogP contribution in [0.25, 0.3) is 0 Å². The third-order valence-corrected chi connectivity index (χ3v) is 4.06. The molecule has 2 aliphatic rings. The topological polar surface area (TPSA) is 56.1 Å². The summed E-state index contributed by atoms with van der Waals surface area (Å²) < 4.78 is 0. The van der Waals surface area contributed by atoms with Gasteiger partial charge in [0.15, 0.2) is 6.19 Å². The Morgan fingerprint density at radius 3 is 2.88 bits per heavy atom. The number of carbonyl (C=O) groups excluding carboxylic acids is 1. The smallest absolute Gasteiger partial charge is 0.225 e. The second kappa shape index (κ2) is 3.90. The van der Waals surface area contributed by atoms with E-state index in [9.17, 15) is 4.79 Å². The number of hydrogen-bond acceptors (Lipinski definition) is 3. The van der Waals surface area contributed by atoms with Crippen LogP contribution in [-0.4, -0.2) is 29.4 Å². The number of carbonyl (C=O) groups is 1. The highest BCUT2D eigenvalue weighted by Crippen LogP contribution is 2.41. The Morgan fingerprint density at radius 2 is 2.29 bits per heavy atom. The zero-order chi connectivity index (χ0) is 12.7. The predicted molar refractivity (Wildman–Crippen MR) is 67.0 cm³/mol. The van der Waals surface area contributed by atoms with Crippen molar-refractivity contribution >= 4 is 5.91 Å². The van der Waals surface area contributed by atoms with E-state index in [2.05, 4.69) is 11.5 Å². The van der Waals surface area contributed by atoms with Crippen LogP contribution in [0.5, 0.6) is 0 Å². The highest BCUT2D eigenvalue weighted by molar-refractivity contribution is 5.82. The van der Waals surface area contributed by atoms with Crippen molar-refractivity contribution in [3.05, 3.63) is 0 Å². The molecule has 4 heteroatoms. The third kappa shape index (κ3) is 2.11. The quantitative estimate of drug-likeness (QED) is 0.707. The van der Waals surface area contributed by atoms with Crippen LogP contribution in [0, 0.1) is 22.8 Å². The highest BCUT2D eigenvalue weighted by Gasteiger charge is 2.51. The monoisotopic (exact) mass is 237 g/mol. The number of amides is 1. The summed E-state index contributed by atoms with van der Waals surface area (Å²) >= 11 is 0. The van der Waals surface area contributed by atoms with Gasteiger partial charge in [-0.25, -0.2) is 0 Å². The second-order valence-corrected chi connectivity index (χ2v) is 6.43. The standard InChI is InChI=1S/C13H21N3O.H2/c1-12(2,3)11(17)15-13-6-4-5-10(13)7-16(8-13)9-14;/h10H,4-8H2,1-3H3,(H,15,17);1H. The van der Waals surface area contributed by atoms with Crippen molar-refractivity contribution in [3.8, 4) is 6.19 Å². The average Bonchev–Trinajstić information content (AvgIpc) is 2.71. The number of fused-ring (bicyclic) bond motifs is 1. The second-order valence-electron chi connectivity index (χ2n) is 6.43. The Balaban J connectivity index is 0.00000162. The fourth-order valence-corrected chi connectivity index (χ4v) is 2.98. The van der Waals surface area contributed by atoms with Gasteiger partial charge in [-0.1, -0.05) is 27.2 Å². The van der Waals surface area contributed by atoms with E-state index < -0.39 is 0 Å². The van der Waals surface area contributed by atoms with E-state index in [1.165, 1.54) is 0 Å². The summed E-state index contributed by atoms with van der Waals surface area (Å²) in [6, 6.07) is 0. The molecule has 2 rings (SSSR count). The zero-order valence-corrected chi connectivity index (χ0v) is 10.9. The van der Waals surface area contributed by atoms with Crippen molar-refractivity contribution < 1.29 is 6.22 Å². The number of hydrogen-bond donors (Lipinski definition) is 1.